The maximum atomic E-state index is 14.3. The number of rotatable bonds is 1. The maximum Gasteiger partial charge on any atom is 0.151 e. The summed E-state index contributed by atoms with van der Waals surface area (Å²) >= 11 is 0. The second-order valence-corrected chi connectivity index (χ2v) is 7.86. The summed E-state index contributed by atoms with van der Waals surface area (Å²) in [5.74, 6) is 6.18. The third-order valence-corrected chi connectivity index (χ3v) is 4.88. The van der Waals surface area contributed by atoms with Crippen LogP contribution >= 0.6 is 0 Å². The van der Waals surface area contributed by atoms with Gasteiger partial charge in [0.1, 0.15) is 17.2 Å². The molecular formula is C20H20F2N2. The fraction of sp³-hybridized carbons (Fsp3) is 0.450. The molecule has 24 heavy (non-hydrogen) atoms. The van der Waals surface area contributed by atoms with Crippen LogP contribution in [0.25, 0.3) is 5.69 Å². The number of hydrogen-bond acceptors (Lipinski definition) is 1. The summed E-state index contributed by atoms with van der Waals surface area (Å²) in [7, 11) is 0. The van der Waals surface area contributed by atoms with Crippen molar-refractivity contribution in [1.82, 2.24) is 9.78 Å². The molecule has 2 atom stereocenters. The van der Waals surface area contributed by atoms with Gasteiger partial charge >= 0.3 is 0 Å². The van der Waals surface area contributed by atoms with Gasteiger partial charge in [-0.1, -0.05) is 5.92 Å². The van der Waals surface area contributed by atoms with Crippen LogP contribution in [-0.2, 0) is 0 Å². The molecule has 0 radical (unpaired) electrons. The van der Waals surface area contributed by atoms with Crippen LogP contribution < -0.4 is 0 Å². The first-order valence-corrected chi connectivity index (χ1v) is 8.45. The number of fused-ring (bicyclic) bond motifs is 5. The van der Waals surface area contributed by atoms with E-state index in [2.05, 4.69) is 37.7 Å². The summed E-state index contributed by atoms with van der Waals surface area (Å²) < 4.78 is 29.2. The maximum absolute atomic E-state index is 14.3. The van der Waals surface area contributed by atoms with Crippen molar-refractivity contribution in [2.24, 2.45) is 5.41 Å². The summed E-state index contributed by atoms with van der Waals surface area (Å²) in [6.07, 6.45) is 3.36. The average molecular weight is 326 g/mol. The van der Waals surface area contributed by atoms with Crippen LogP contribution in [0.3, 0.4) is 0 Å². The Morgan fingerprint density at radius 2 is 1.92 bits per heavy atom. The van der Waals surface area contributed by atoms with Gasteiger partial charge in [0.15, 0.2) is 5.82 Å². The van der Waals surface area contributed by atoms with Crippen molar-refractivity contribution in [3.63, 3.8) is 0 Å². The van der Waals surface area contributed by atoms with E-state index in [1.165, 1.54) is 17.7 Å². The average Bonchev–Trinajstić information content (AvgIpc) is 3.16. The van der Waals surface area contributed by atoms with Crippen LogP contribution in [0.15, 0.2) is 18.2 Å². The Morgan fingerprint density at radius 3 is 2.62 bits per heavy atom. The molecule has 1 fully saturated rings. The molecule has 2 nitrogen and oxygen atoms in total. The molecule has 0 saturated heterocycles. The Hall–Kier alpha value is -2.15. The molecular weight excluding hydrogens is 306 g/mol. The summed E-state index contributed by atoms with van der Waals surface area (Å²) in [4.78, 5) is 0. The van der Waals surface area contributed by atoms with Gasteiger partial charge in [-0.15, -0.1) is 0 Å². The molecule has 0 amide bonds. The number of aromatic nitrogens is 2. The summed E-state index contributed by atoms with van der Waals surface area (Å²) in [5.41, 5.74) is 3.22. The SMILES string of the molecule is CC(C)(C)C#Cc1nn(-c2ccc(F)cc2F)c2c1[C@H]1CC[C@H]2C1. The van der Waals surface area contributed by atoms with Crippen molar-refractivity contribution in [2.45, 2.75) is 51.9 Å². The minimum absolute atomic E-state index is 0.116. The molecule has 0 spiro atoms. The zero-order valence-corrected chi connectivity index (χ0v) is 14.2. The van der Waals surface area contributed by atoms with Crippen molar-refractivity contribution >= 4 is 0 Å². The first kappa shape index (κ1) is 15.4. The molecule has 2 aromatic rings. The molecule has 4 heteroatoms. The van der Waals surface area contributed by atoms with E-state index in [0.717, 1.165) is 36.7 Å². The Labute approximate surface area is 140 Å². The smallest absolute Gasteiger partial charge is 0.151 e. The highest BCUT2D eigenvalue weighted by molar-refractivity contribution is 5.51. The largest absolute Gasteiger partial charge is 0.233 e. The fourth-order valence-electron chi connectivity index (χ4n) is 3.91. The molecule has 4 rings (SSSR count). The predicted molar refractivity (Wildman–Crippen MR) is 89.1 cm³/mol. The lowest BCUT2D eigenvalue weighted by molar-refractivity contribution is 0.566. The monoisotopic (exact) mass is 326 g/mol. The van der Waals surface area contributed by atoms with Gasteiger partial charge in [-0.05, 0) is 64.0 Å². The van der Waals surface area contributed by atoms with Crippen molar-refractivity contribution in [2.75, 3.05) is 0 Å². The number of halogens is 2. The Morgan fingerprint density at radius 1 is 1.17 bits per heavy atom. The first-order chi connectivity index (χ1) is 11.3. The van der Waals surface area contributed by atoms with E-state index in [9.17, 15) is 8.78 Å². The molecule has 1 saturated carbocycles. The van der Waals surface area contributed by atoms with E-state index >= 15 is 0 Å². The van der Waals surface area contributed by atoms with Gasteiger partial charge in [0, 0.05) is 23.0 Å². The van der Waals surface area contributed by atoms with Crippen molar-refractivity contribution in [3.8, 4) is 17.5 Å². The highest BCUT2D eigenvalue weighted by atomic mass is 19.1. The summed E-state index contributed by atoms with van der Waals surface area (Å²) in [6.45, 7) is 6.18. The van der Waals surface area contributed by atoms with E-state index in [4.69, 9.17) is 0 Å². The van der Waals surface area contributed by atoms with Crippen molar-refractivity contribution in [1.29, 1.82) is 0 Å². The first-order valence-electron chi connectivity index (χ1n) is 8.45. The molecule has 1 aromatic carbocycles. The van der Waals surface area contributed by atoms with E-state index in [1.807, 2.05) is 0 Å². The van der Waals surface area contributed by atoms with Crippen LogP contribution in [-0.4, -0.2) is 9.78 Å². The molecule has 1 heterocycles. The molecule has 0 aliphatic heterocycles. The molecule has 0 unspecified atom stereocenters. The molecule has 2 aliphatic carbocycles. The third-order valence-electron chi connectivity index (χ3n) is 4.88. The second-order valence-electron chi connectivity index (χ2n) is 7.86. The molecule has 2 aliphatic rings. The van der Waals surface area contributed by atoms with E-state index in [1.54, 1.807) is 4.68 Å². The van der Waals surface area contributed by atoms with E-state index in [-0.39, 0.29) is 5.41 Å². The topological polar surface area (TPSA) is 17.8 Å². The number of benzene rings is 1. The standard InChI is InChI=1S/C20H20F2N2/c1-20(2,3)9-8-16-18-12-4-5-13(10-12)19(18)24(23-16)17-7-6-14(21)11-15(17)22/h6-7,11-13H,4-5,10H2,1-3H3/t12-,13-/m0/s1. The van der Waals surface area contributed by atoms with Gasteiger partial charge in [-0.25, -0.2) is 13.5 Å². The van der Waals surface area contributed by atoms with Gasteiger partial charge in [-0.3, -0.25) is 0 Å². The zero-order chi connectivity index (χ0) is 17.1. The highest BCUT2D eigenvalue weighted by Crippen LogP contribution is 2.54. The number of hydrogen-bond donors (Lipinski definition) is 0. The lowest BCUT2D eigenvalue weighted by Crippen LogP contribution is -2.07. The van der Waals surface area contributed by atoms with Gasteiger partial charge in [0.2, 0.25) is 0 Å². The van der Waals surface area contributed by atoms with Gasteiger partial charge in [0.05, 0.1) is 5.69 Å². The van der Waals surface area contributed by atoms with Crippen LogP contribution in [0.4, 0.5) is 8.78 Å². The van der Waals surface area contributed by atoms with Crippen molar-refractivity contribution in [3.05, 3.63) is 46.8 Å². The molecule has 2 bridgehead atoms. The lowest BCUT2D eigenvalue weighted by atomic mass is 9.94. The summed E-state index contributed by atoms with van der Waals surface area (Å²) in [6, 6.07) is 3.65. The third kappa shape index (κ3) is 2.43. The quantitative estimate of drug-likeness (QED) is 0.681. The van der Waals surface area contributed by atoms with Crippen LogP contribution in [0, 0.1) is 28.9 Å². The highest BCUT2D eigenvalue weighted by Gasteiger charge is 2.42. The zero-order valence-electron chi connectivity index (χ0n) is 14.2. The van der Waals surface area contributed by atoms with E-state index < -0.39 is 11.6 Å². The minimum Gasteiger partial charge on any atom is -0.233 e. The van der Waals surface area contributed by atoms with Gasteiger partial charge in [0.25, 0.3) is 0 Å². The second kappa shape index (κ2) is 5.17. The minimum atomic E-state index is -0.585. The molecule has 0 N–H and O–H groups in total. The Bertz CT molecular complexity index is 878. The van der Waals surface area contributed by atoms with E-state index in [0.29, 0.717) is 17.5 Å². The van der Waals surface area contributed by atoms with Crippen molar-refractivity contribution < 1.29 is 8.78 Å². The Balaban J connectivity index is 1.90. The molecule has 1 aromatic heterocycles. The summed E-state index contributed by atoms with van der Waals surface area (Å²) in [5, 5.41) is 4.62. The van der Waals surface area contributed by atoms with Crippen LogP contribution in [0.5, 0.6) is 0 Å². The fourth-order valence-corrected chi connectivity index (χ4v) is 3.91. The molecule has 124 valence electrons. The Kier molecular flexibility index (Phi) is 3.32. The van der Waals surface area contributed by atoms with Crippen LogP contribution in [0.2, 0.25) is 0 Å². The van der Waals surface area contributed by atoms with Gasteiger partial charge < -0.3 is 0 Å². The predicted octanol–water partition coefficient (Wildman–Crippen LogP) is 4.91. The lowest BCUT2D eigenvalue weighted by Gasteiger charge is -2.14. The normalized spacial score (nSPS) is 21.5. The van der Waals surface area contributed by atoms with Crippen LogP contribution in [0.1, 0.15) is 68.8 Å². The van der Waals surface area contributed by atoms with Gasteiger partial charge in [-0.2, -0.15) is 5.10 Å². The number of nitrogens with zero attached hydrogens (tertiary/aromatic N) is 2.